The van der Waals surface area contributed by atoms with Gasteiger partial charge in [0, 0.05) is 0 Å². The van der Waals surface area contributed by atoms with Gasteiger partial charge in [0.15, 0.2) is 6.29 Å². The van der Waals surface area contributed by atoms with Gasteiger partial charge in [-0.2, -0.15) is 0 Å². The third-order valence-corrected chi connectivity index (χ3v) is 16.9. The molecule has 11 nitrogen and oxygen atoms in total. The second-order valence-electron chi connectivity index (χ2n) is 24.3. The quantitative estimate of drug-likeness (QED) is 0.0272. The van der Waals surface area contributed by atoms with Crippen molar-refractivity contribution in [1.82, 2.24) is 5.32 Å². The maximum absolute atomic E-state index is 13.2. The summed E-state index contributed by atoms with van der Waals surface area (Å²) in [5.74, 6) is -0.688. The van der Waals surface area contributed by atoms with Gasteiger partial charge >= 0.3 is 0 Å². The summed E-state index contributed by atoms with van der Waals surface area (Å²) in [6, 6.07) is -1.16. The lowest BCUT2D eigenvalue weighted by atomic mass is 9.98. The Morgan fingerprint density at radius 1 is 0.403 bits per heavy atom. The fourth-order valence-corrected chi connectivity index (χ4v) is 11.4. The van der Waals surface area contributed by atoms with E-state index in [1.165, 1.54) is 270 Å². The molecule has 0 radical (unpaired) electrons. The lowest BCUT2D eigenvalue weighted by Gasteiger charge is -2.40. The van der Waals surface area contributed by atoms with Crippen LogP contribution in [0.5, 0.6) is 0 Å². The second kappa shape index (κ2) is 55.6. The molecule has 1 saturated heterocycles. The van der Waals surface area contributed by atoms with Crippen LogP contribution in [0.25, 0.3) is 0 Å². The lowest BCUT2D eigenvalue weighted by molar-refractivity contribution is -0.303. The number of nitrogens with one attached hydrogen (secondary N) is 1. The first-order valence-electron chi connectivity index (χ1n) is 33.9. The van der Waals surface area contributed by atoms with E-state index in [2.05, 4.69) is 19.2 Å². The number of carbonyl (C=O) groups excluding carboxylic acids is 1. The predicted octanol–water partition coefficient (Wildman–Crippen LogP) is 15.7. The Labute approximate surface area is 475 Å². The van der Waals surface area contributed by atoms with Crippen LogP contribution in [0.3, 0.4) is 0 Å². The number of hydrogen-bond acceptors (Lipinski definition) is 10. The van der Waals surface area contributed by atoms with Gasteiger partial charge < -0.3 is 50.5 Å². The van der Waals surface area contributed by atoms with E-state index in [-0.39, 0.29) is 6.42 Å². The number of amides is 1. The van der Waals surface area contributed by atoms with Gasteiger partial charge in [-0.1, -0.05) is 335 Å². The Morgan fingerprint density at radius 2 is 0.675 bits per heavy atom. The third kappa shape index (κ3) is 43.5. The van der Waals surface area contributed by atoms with Gasteiger partial charge in [0.25, 0.3) is 0 Å². The van der Waals surface area contributed by atoms with Crippen molar-refractivity contribution >= 4 is 5.91 Å². The zero-order chi connectivity index (χ0) is 56.1. The molecule has 1 amide bonds. The number of unbranched alkanes of at least 4 members (excludes halogenated alkanes) is 48. The standard InChI is InChI=1S/C66H131NO10/c1-3-5-7-9-11-13-15-17-19-21-22-23-24-25-26-27-28-29-30-31-32-33-34-35-36-37-38-40-42-44-46-48-50-52-54-59(70)65(75)67-57(56-76-66-64(74)63(73)62(72)60(55-68)77-66)61(71)58(69)53-51-49-47-45-43-41-39-20-18-16-14-12-10-8-6-4-2/h57-64,66,68-74H,3-56H2,1-2H3,(H,67,75). The maximum Gasteiger partial charge on any atom is 0.249 e. The van der Waals surface area contributed by atoms with Crippen molar-refractivity contribution in [3.8, 4) is 0 Å². The van der Waals surface area contributed by atoms with Gasteiger partial charge in [0.05, 0.1) is 25.4 Å². The monoisotopic (exact) mass is 1100 g/mol. The van der Waals surface area contributed by atoms with Crippen LogP contribution in [0, 0.1) is 0 Å². The highest BCUT2D eigenvalue weighted by atomic mass is 16.7. The number of rotatable bonds is 60. The number of ether oxygens (including phenoxy) is 2. The van der Waals surface area contributed by atoms with E-state index in [1.807, 2.05) is 0 Å². The minimum atomic E-state index is -1.66. The van der Waals surface area contributed by atoms with Crippen molar-refractivity contribution in [1.29, 1.82) is 0 Å². The second-order valence-corrected chi connectivity index (χ2v) is 24.3. The van der Waals surface area contributed by atoms with Gasteiger partial charge in [-0.05, 0) is 12.8 Å². The van der Waals surface area contributed by atoms with E-state index in [0.717, 1.165) is 38.5 Å². The van der Waals surface area contributed by atoms with Crippen LogP contribution in [-0.2, 0) is 14.3 Å². The molecular weight excluding hydrogens is 967 g/mol. The molecule has 0 aliphatic carbocycles. The summed E-state index contributed by atoms with van der Waals surface area (Å²) < 4.78 is 11.2. The van der Waals surface area contributed by atoms with E-state index in [1.54, 1.807) is 0 Å². The van der Waals surface area contributed by atoms with Crippen molar-refractivity contribution < 1.29 is 50.0 Å². The molecule has 77 heavy (non-hydrogen) atoms. The van der Waals surface area contributed by atoms with Crippen LogP contribution in [0.15, 0.2) is 0 Å². The van der Waals surface area contributed by atoms with Gasteiger partial charge in [0.1, 0.15) is 36.6 Å². The fraction of sp³-hybridized carbons (Fsp3) is 0.985. The highest BCUT2D eigenvalue weighted by molar-refractivity contribution is 5.80. The van der Waals surface area contributed by atoms with E-state index in [4.69, 9.17) is 9.47 Å². The van der Waals surface area contributed by atoms with Crippen molar-refractivity contribution in [2.45, 2.75) is 403 Å². The summed E-state index contributed by atoms with van der Waals surface area (Å²) in [4.78, 5) is 13.2. The smallest absolute Gasteiger partial charge is 0.249 e. The molecule has 8 N–H and O–H groups in total. The average molecular weight is 1100 g/mol. The number of hydrogen-bond donors (Lipinski definition) is 8. The van der Waals surface area contributed by atoms with Crippen molar-refractivity contribution in [2.24, 2.45) is 0 Å². The van der Waals surface area contributed by atoms with Crippen LogP contribution in [0.4, 0.5) is 0 Å². The topological polar surface area (TPSA) is 189 Å². The van der Waals surface area contributed by atoms with Gasteiger partial charge in [-0.25, -0.2) is 0 Å². The molecule has 0 aromatic carbocycles. The highest BCUT2D eigenvalue weighted by Gasteiger charge is 2.44. The molecule has 1 rings (SSSR count). The normalized spacial score (nSPS) is 19.4. The zero-order valence-corrected chi connectivity index (χ0v) is 50.7. The Morgan fingerprint density at radius 3 is 0.961 bits per heavy atom. The Kier molecular flexibility index (Phi) is 53.6. The third-order valence-electron chi connectivity index (χ3n) is 16.9. The van der Waals surface area contributed by atoms with E-state index >= 15 is 0 Å². The largest absolute Gasteiger partial charge is 0.394 e. The van der Waals surface area contributed by atoms with Gasteiger partial charge in [-0.3, -0.25) is 4.79 Å². The SMILES string of the molecule is CCCCCCCCCCCCCCCCCCCCCCCCCCCCCCCCCCCCC(O)C(=O)NC(COC1OC(CO)C(O)C(O)C1O)C(O)C(O)CCCCCCCCCCCCCCCCCC. The predicted molar refractivity (Wildman–Crippen MR) is 321 cm³/mol. The summed E-state index contributed by atoms with van der Waals surface area (Å²) in [6.07, 6.45) is 54.8. The summed E-state index contributed by atoms with van der Waals surface area (Å²) >= 11 is 0. The zero-order valence-electron chi connectivity index (χ0n) is 50.7. The summed E-state index contributed by atoms with van der Waals surface area (Å²) in [6.45, 7) is 3.51. The highest BCUT2D eigenvalue weighted by Crippen LogP contribution is 2.24. The van der Waals surface area contributed by atoms with E-state index < -0.39 is 74.2 Å². The number of aliphatic hydroxyl groups excluding tert-OH is 7. The molecule has 9 atom stereocenters. The van der Waals surface area contributed by atoms with Crippen molar-refractivity contribution in [2.75, 3.05) is 13.2 Å². The molecular formula is C66H131NO10. The fourth-order valence-electron chi connectivity index (χ4n) is 11.4. The molecule has 1 aliphatic rings. The lowest BCUT2D eigenvalue weighted by Crippen LogP contribution is -2.60. The summed E-state index contributed by atoms with van der Waals surface area (Å²) in [5, 5.41) is 76.3. The first-order valence-corrected chi connectivity index (χ1v) is 33.9. The minimum absolute atomic E-state index is 0.267. The Balaban J connectivity index is 2.13. The van der Waals surface area contributed by atoms with Gasteiger partial charge in [0.2, 0.25) is 5.91 Å². The van der Waals surface area contributed by atoms with Crippen LogP contribution in [0.1, 0.15) is 348 Å². The van der Waals surface area contributed by atoms with E-state index in [9.17, 15) is 40.5 Å². The molecule has 11 heteroatoms. The molecule has 9 unspecified atom stereocenters. The summed E-state index contributed by atoms with van der Waals surface area (Å²) in [5.41, 5.74) is 0. The van der Waals surface area contributed by atoms with Crippen LogP contribution >= 0.6 is 0 Å². The van der Waals surface area contributed by atoms with Crippen molar-refractivity contribution in [3.05, 3.63) is 0 Å². The average Bonchev–Trinajstić information content (AvgIpc) is 3.43. The Bertz CT molecular complexity index is 1210. The van der Waals surface area contributed by atoms with Crippen LogP contribution in [0.2, 0.25) is 0 Å². The molecule has 460 valence electrons. The van der Waals surface area contributed by atoms with Crippen molar-refractivity contribution in [3.63, 3.8) is 0 Å². The molecule has 1 heterocycles. The van der Waals surface area contributed by atoms with Crippen LogP contribution in [-0.4, -0.2) is 110 Å². The number of carbonyl (C=O) groups is 1. The molecule has 0 saturated carbocycles. The molecule has 0 bridgehead atoms. The first kappa shape index (κ1) is 74.1. The molecule has 0 aromatic heterocycles. The van der Waals surface area contributed by atoms with Gasteiger partial charge in [-0.15, -0.1) is 0 Å². The molecule has 0 aromatic rings. The molecule has 1 fully saturated rings. The maximum atomic E-state index is 13.2. The first-order chi connectivity index (χ1) is 37.7. The van der Waals surface area contributed by atoms with E-state index in [0.29, 0.717) is 19.3 Å². The molecule has 1 aliphatic heterocycles. The minimum Gasteiger partial charge on any atom is -0.394 e. The summed E-state index contributed by atoms with van der Waals surface area (Å²) in [7, 11) is 0. The Hall–Kier alpha value is -0.890. The molecule has 0 spiro atoms. The number of aliphatic hydroxyl groups is 7. The van der Waals surface area contributed by atoms with Crippen LogP contribution < -0.4 is 5.32 Å².